The fourth-order valence-corrected chi connectivity index (χ4v) is 0.757. The van der Waals surface area contributed by atoms with E-state index in [0.717, 1.165) is 12.8 Å². The van der Waals surface area contributed by atoms with Gasteiger partial charge in [-0.3, -0.25) is 0 Å². The van der Waals surface area contributed by atoms with E-state index in [-0.39, 0.29) is 0 Å². The highest BCUT2D eigenvalue weighted by Gasteiger charge is 1.92. The Labute approximate surface area is 57.2 Å². The zero-order valence-corrected chi connectivity index (χ0v) is 6.25. The van der Waals surface area contributed by atoms with Crippen LogP contribution in [0.15, 0.2) is 0 Å². The molecule has 0 bridgehead atoms. The molecule has 0 aromatic rings. The second-order valence-corrected chi connectivity index (χ2v) is 2.88. The van der Waals surface area contributed by atoms with E-state index in [4.69, 9.17) is 11.6 Å². The number of hydrogen-bond acceptors (Lipinski definition) is 0. The highest BCUT2D eigenvalue weighted by atomic mass is 35.5. The van der Waals surface area contributed by atoms with E-state index in [0.29, 0.717) is 5.38 Å². The predicted molar refractivity (Wildman–Crippen MR) is 39.1 cm³/mol. The zero-order valence-electron chi connectivity index (χ0n) is 5.49. The van der Waals surface area contributed by atoms with Crippen LogP contribution in [0.25, 0.3) is 0 Å². The lowest BCUT2D eigenvalue weighted by atomic mass is 10.2. The summed E-state index contributed by atoms with van der Waals surface area (Å²) in [5.74, 6) is 0. The van der Waals surface area contributed by atoms with Gasteiger partial charge in [0.1, 0.15) is 0 Å². The summed E-state index contributed by atoms with van der Waals surface area (Å²) in [7, 11) is 0. The average Bonchev–Trinajstić information content (AvgIpc) is 1.66. The zero-order chi connectivity index (χ0) is 6.41. The highest BCUT2D eigenvalue weighted by molar-refractivity contribution is 6.20. The van der Waals surface area contributed by atoms with Gasteiger partial charge >= 0.3 is 0 Å². The lowest BCUT2D eigenvalue weighted by molar-refractivity contribution is 0.678. The summed E-state index contributed by atoms with van der Waals surface area (Å²) in [4.78, 5) is 0. The van der Waals surface area contributed by atoms with E-state index in [1.807, 2.05) is 6.92 Å². The maximum atomic E-state index is 5.69. The van der Waals surface area contributed by atoms with Crippen molar-refractivity contribution in [3.05, 3.63) is 6.92 Å². The first-order valence-corrected chi connectivity index (χ1v) is 3.64. The molecule has 0 aliphatic carbocycles. The largest absolute Gasteiger partial charge is 0.123 e. The Hall–Kier alpha value is 0.290. The van der Waals surface area contributed by atoms with Gasteiger partial charge in [0.2, 0.25) is 0 Å². The topological polar surface area (TPSA) is 0 Å². The molecule has 0 aromatic carbocycles. The molecule has 0 rings (SSSR count). The molecule has 0 heterocycles. The van der Waals surface area contributed by atoms with Gasteiger partial charge in [-0.2, -0.15) is 0 Å². The first kappa shape index (κ1) is 8.29. The van der Waals surface area contributed by atoms with Gasteiger partial charge in [-0.05, 0) is 13.3 Å². The molecular formula is C7H14Cl. The standard InChI is InChI=1S/C7H14Cl/c1-3-4-5-6-7(2)8/h7H,1,3-6H2,2H3. The molecular weight excluding hydrogens is 120 g/mol. The predicted octanol–water partition coefficient (Wildman–Crippen LogP) is 3.01. The molecule has 49 valence electrons. The van der Waals surface area contributed by atoms with Crippen LogP contribution in [0.4, 0.5) is 0 Å². The van der Waals surface area contributed by atoms with Crippen LogP contribution in [0.3, 0.4) is 0 Å². The van der Waals surface area contributed by atoms with E-state index in [9.17, 15) is 0 Å². The Bertz CT molecular complexity index is 41.7. The van der Waals surface area contributed by atoms with Crippen molar-refractivity contribution >= 4 is 11.6 Å². The molecule has 1 heteroatoms. The minimum absolute atomic E-state index is 0.349. The number of hydrogen-bond donors (Lipinski definition) is 0. The Kier molecular flexibility index (Phi) is 5.62. The Morgan fingerprint density at radius 3 is 2.50 bits per heavy atom. The van der Waals surface area contributed by atoms with E-state index in [1.54, 1.807) is 0 Å². The van der Waals surface area contributed by atoms with Crippen LogP contribution in [0.2, 0.25) is 0 Å². The molecule has 0 aliphatic rings. The van der Waals surface area contributed by atoms with Gasteiger partial charge in [0.05, 0.1) is 0 Å². The van der Waals surface area contributed by atoms with Crippen molar-refractivity contribution in [2.24, 2.45) is 0 Å². The third-order valence-electron chi connectivity index (χ3n) is 1.10. The van der Waals surface area contributed by atoms with Crippen LogP contribution in [0.1, 0.15) is 32.6 Å². The van der Waals surface area contributed by atoms with E-state index in [1.165, 1.54) is 12.8 Å². The molecule has 1 radical (unpaired) electrons. The van der Waals surface area contributed by atoms with Gasteiger partial charge in [0, 0.05) is 5.38 Å². The Morgan fingerprint density at radius 2 is 2.12 bits per heavy atom. The minimum atomic E-state index is 0.349. The number of alkyl halides is 1. The smallest absolute Gasteiger partial charge is 0.0307 e. The maximum absolute atomic E-state index is 5.69. The normalized spacial score (nSPS) is 13.9. The van der Waals surface area contributed by atoms with Gasteiger partial charge in [0.25, 0.3) is 0 Å². The first-order valence-electron chi connectivity index (χ1n) is 3.20. The van der Waals surface area contributed by atoms with Crippen LogP contribution in [-0.2, 0) is 0 Å². The van der Waals surface area contributed by atoms with Crippen LogP contribution in [0, 0.1) is 6.92 Å². The van der Waals surface area contributed by atoms with Gasteiger partial charge in [-0.15, -0.1) is 11.6 Å². The van der Waals surface area contributed by atoms with Crippen molar-refractivity contribution < 1.29 is 0 Å². The molecule has 0 N–H and O–H groups in total. The Morgan fingerprint density at radius 1 is 1.50 bits per heavy atom. The lowest BCUT2D eigenvalue weighted by Crippen LogP contribution is -1.88. The fraction of sp³-hybridized carbons (Fsp3) is 0.857. The van der Waals surface area contributed by atoms with Crippen LogP contribution in [0.5, 0.6) is 0 Å². The molecule has 0 amide bonds. The van der Waals surface area contributed by atoms with Crippen LogP contribution in [-0.4, -0.2) is 5.38 Å². The van der Waals surface area contributed by atoms with E-state index in [2.05, 4.69) is 6.92 Å². The SMILES string of the molecule is [CH2]CCCCC(C)Cl. The van der Waals surface area contributed by atoms with E-state index < -0.39 is 0 Å². The van der Waals surface area contributed by atoms with Crippen molar-refractivity contribution in [1.29, 1.82) is 0 Å². The number of halogens is 1. The fourth-order valence-electron chi connectivity index (χ4n) is 0.602. The molecule has 1 unspecified atom stereocenters. The maximum Gasteiger partial charge on any atom is 0.0307 e. The summed E-state index contributed by atoms with van der Waals surface area (Å²) in [5.41, 5.74) is 0. The minimum Gasteiger partial charge on any atom is -0.123 e. The first-order chi connectivity index (χ1) is 3.77. The summed E-state index contributed by atoms with van der Waals surface area (Å²) < 4.78 is 0. The van der Waals surface area contributed by atoms with E-state index >= 15 is 0 Å². The molecule has 0 nitrogen and oxygen atoms in total. The van der Waals surface area contributed by atoms with Crippen molar-refractivity contribution in [3.63, 3.8) is 0 Å². The third kappa shape index (κ3) is 6.29. The van der Waals surface area contributed by atoms with Crippen LogP contribution >= 0.6 is 11.6 Å². The second-order valence-electron chi connectivity index (χ2n) is 2.13. The molecule has 0 saturated heterocycles. The number of unbranched alkanes of at least 4 members (excludes halogenated alkanes) is 2. The van der Waals surface area contributed by atoms with Gasteiger partial charge in [-0.25, -0.2) is 0 Å². The average molecular weight is 134 g/mol. The molecule has 0 spiro atoms. The van der Waals surface area contributed by atoms with Gasteiger partial charge in [-0.1, -0.05) is 26.2 Å². The lowest BCUT2D eigenvalue weighted by Gasteiger charge is -1.98. The monoisotopic (exact) mass is 133 g/mol. The molecule has 1 atom stereocenters. The molecule has 0 saturated carbocycles. The Balaban J connectivity index is 2.72. The summed E-state index contributed by atoms with van der Waals surface area (Å²) >= 11 is 5.69. The molecule has 0 fully saturated rings. The summed E-state index contributed by atoms with van der Waals surface area (Å²) in [6, 6.07) is 0. The molecule has 0 aliphatic heterocycles. The molecule has 8 heavy (non-hydrogen) atoms. The second kappa shape index (κ2) is 5.43. The van der Waals surface area contributed by atoms with Gasteiger partial charge < -0.3 is 0 Å². The van der Waals surface area contributed by atoms with Crippen molar-refractivity contribution in [2.75, 3.05) is 0 Å². The quantitative estimate of drug-likeness (QED) is 0.409. The highest BCUT2D eigenvalue weighted by Crippen LogP contribution is 2.06. The van der Waals surface area contributed by atoms with Gasteiger partial charge in [0.15, 0.2) is 0 Å². The number of rotatable bonds is 4. The van der Waals surface area contributed by atoms with Crippen LogP contribution < -0.4 is 0 Å². The third-order valence-corrected chi connectivity index (χ3v) is 1.32. The summed E-state index contributed by atoms with van der Waals surface area (Å²) in [6.07, 6.45) is 4.63. The summed E-state index contributed by atoms with van der Waals surface area (Å²) in [5, 5.41) is 0.349. The van der Waals surface area contributed by atoms with Crippen molar-refractivity contribution in [3.8, 4) is 0 Å². The molecule has 0 aromatic heterocycles. The van der Waals surface area contributed by atoms with Crippen molar-refractivity contribution in [2.45, 2.75) is 38.0 Å². The van der Waals surface area contributed by atoms with Crippen molar-refractivity contribution in [1.82, 2.24) is 0 Å². The summed E-state index contributed by atoms with van der Waals surface area (Å²) in [6.45, 7) is 5.77.